The molecule has 0 unspecified atom stereocenters. The molecule has 1 N–H and O–H groups in total. The normalized spacial score (nSPS) is 10.6. The molecule has 0 fully saturated rings. The molecule has 0 atom stereocenters. The number of nitrogens with zero attached hydrogens (tertiary/aromatic N) is 2. The molecule has 6 nitrogen and oxygen atoms in total. The molecule has 3 aromatic carbocycles. The van der Waals surface area contributed by atoms with E-state index in [2.05, 4.69) is 5.32 Å². The molecular formula is C27H27N3O3. The average molecular weight is 442 g/mol. The predicted molar refractivity (Wildman–Crippen MR) is 129 cm³/mol. The second-order valence-corrected chi connectivity index (χ2v) is 7.81. The standard InChI is InChI=1S/C27H27N3O3/c1-19-9-13-24(14-10-19)33-27-25(17-18-26(31)28-21-7-5-4-6-8-21)20(2)29-30(27)22-11-15-23(32-3)16-12-22/h4-16H,17-18H2,1-3H3,(H,28,31). The van der Waals surface area contributed by atoms with Gasteiger partial charge in [0.15, 0.2) is 0 Å². The van der Waals surface area contributed by atoms with Crippen LogP contribution in [0.5, 0.6) is 17.4 Å². The van der Waals surface area contributed by atoms with E-state index in [1.807, 2.05) is 92.7 Å². The molecule has 168 valence electrons. The fraction of sp³-hybridized carbons (Fsp3) is 0.185. The van der Waals surface area contributed by atoms with Crippen LogP contribution in [0.2, 0.25) is 0 Å². The van der Waals surface area contributed by atoms with Crippen molar-refractivity contribution in [3.05, 3.63) is 95.7 Å². The lowest BCUT2D eigenvalue weighted by Gasteiger charge is -2.12. The van der Waals surface area contributed by atoms with E-state index in [0.29, 0.717) is 24.5 Å². The van der Waals surface area contributed by atoms with Gasteiger partial charge < -0.3 is 14.8 Å². The Morgan fingerprint density at radius 2 is 1.58 bits per heavy atom. The number of ether oxygens (including phenoxy) is 2. The molecule has 1 heterocycles. The van der Waals surface area contributed by atoms with Gasteiger partial charge in [0.2, 0.25) is 11.8 Å². The zero-order chi connectivity index (χ0) is 23.2. The first-order valence-corrected chi connectivity index (χ1v) is 10.9. The van der Waals surface area contributed by atoms with Gasteiger partial charge in [-0.1, -0.05) is 35.9 Å². The van der Waals surface area contributed by atoms with E-state index in [9.17, 15) is 4.79 Å². The van der Waals surface area contributed by atoms with Crippen molar-refractivity contribution >= 4 is 11.6 Å². The predicted octanol–water partition coefficient (Wildman–Crippen LogP) is 5.86. The first-order valence-electron chi connectivity index (χ1n) is 10.9. The smallest absolute Gasteiger partial charge is 0.226 e. The molecule has 0 saturated carbocycles. The zero-order valence-electron chi connectivity index (χ0n) is 19.0. The summed E-state index contributed by atoms with van der Waals surface area (Å²) in [5, 5.41) is 7.67. The Morgan fingerprint density at radius 3 is 2.24 bits per heavy atom. The molecule has 4 aromatic rings. The summed E-state index contributed by atoms with van der Waals surface area (Å²) in [5.74, 6) is 2.03. The molecule has 0 aliphatic heterocycles. The number of hydrogen-bond acceptors (Lipinski definition) is 4. The third-order valence-corrected chi connectivity index (χ3v) is 5.35. The van der Waals surface area contributed by atoms with E-state index in [1.54, 1.807) is 11.8 Å². The summed E-state index contributed by atoms with van der Waals surface area (Å²) in [4.78, 5) is 12.6. The summed E-state index contributed by atoms with van der Waals surface area (Å²) in [6, 6.07) is 25.0. The third-order valence-electron chi connectivity index (χ3n) is 5.35. The number of rotatable bonds is 8. The van der Waals surface area contributed by atoms with Gasteiger partial charge in [0, 0.05) is 17.7 Å². The van der Waals surface area contributed by atoms with Gasteiger partial charge in [0.05, 0.1) is 18.5 Å². The molecule has 0 aliphatic carbocycles. The monoisotopic (exact) mass is 441 g/mol. The zero-order valence-corrected chi connectivity index (χ0v) is 19.0. The van der Waals surface area contributed by atoms with E-state index in [4.69, 9.17) is 14.6 Å². The summed E-state index contributed by atoms with van der Waals surface area (Å²) in [6.07, 6.45) is 0.816. The van der Waals surface area contributed by atoms with Crippen molar-refractivity contribution in [2.45, 2.75) is 26.7 Å². The summed E-state index contributed by atoms with van der Waals surface area (Å²) in [6.45, 7) is 3.97. The highest BCUT2D eigenvalue weighted by atomic mass is 16.5. The highest BCUT2D eigenvalue weighted by Gasteiger charge is 2.20. The van der Waals surface area contributed by atoms with Crippen molar-refractivity contribution in [3.63, 3.8) is 0 Å². The van der Waals surface area contributed by atoms with Gasteiger partial charge in [-0.05, 0) is 68.8 Å². The van der Waals surface area contributed by atoms with Gasteiger partial charge in [-0.25, -0.2) is 4.68 Å². The maximum atomic E-state index is 12.6. The second-order valence-electron chi connectivity index (χ2n) is 7.81. The lowest BCUT2D eigenvalue weighted by atomic mass is 10.1. The Bertz CT molecular complexity index is 1210. The summed E-state index contributed by atoms with van der Waals surface area (Å²) < 4.78 is 13.4. The van der Waals surface area contributed by atoms with Crippen molar-refractivity contribution in [3.8, 4) is 23.1 Å². The number of para-hydroxylation sites is 1. The van der Waals surface area contributed by atoms with Crippen LogP contribution >= 0.6 is 0 Å². The van der Waals surface area contributed by atoms with Gasteiger partial charge in [0.1, 0.15) is 11.5 Å². The van der Waals surface area contributed by atoms with Crippen molar-refractivity contribution in [2.75, 3.05) is 12.4 Å². The average Bonchev–Trinajstić information content (AvgIpc) is 3.14. The molecule has 1 amide bonds. The van der Waals surface area contributed by atoms with Gasteiger partial charge in [-0.15, -0.1) is 0 Å². The Morgan fingerprint density at radius 1 is 0.909 bits per heavy atom. The van der Waals surface area contributed by atoms with Crippen molar-refractivity contribution in [1.82, 2.24) is 9.78 Å². The molecule has 4 rings (SSSR count). The maximum Gasteiger partial charge on any atom is 0.226 e. The van der Waals surface area contributed by atoms with Crippen LogP contribution in [-0.2, 0) is 11.2 Å². The van der Waals surface area contributed by atoms with Gasteiger partial charge in [-0.3, -0.25) is 4.79 Å². The van der Waals surface area contributed by atoms with Gasteiger partial charge >= 0.3 is 0 Å². The first kappa shape index (κ1) is 22.1. The number of benzene rings is 3. The number of amides is 1. The SMILES string of the molecule is COc1ccc(-n2nc(C)c(CCC(=O)Nc3ccccc3)c2Oc2ccc(C)cc2)cc1. The Labute approximate surface area is 193 Å². The van der Waals surface area contributed by atoms with Crippen molar-refractivity contribution < 1.29 is 14.3 Å². The van der Waals surface area contributed by atoms with Crippen LogP contribution in [0.15, 0.2) is 78.9 Å². The Balaban J connectivity index is 1.62. The number of methoxy groups -OCH3 is 1. The van der Waals surface area contributed by atoms with Crippen LogP contribution in [0.4, 0.5) is 5.69 Å². The maximum absolute atomic E-state index is 12.6. The molecule has 6 heteroatoms. The van der Waals surface area contributed by atoms with Crippen molar-refractivity contribution in [2.24, 2.45) is 0 Å². The number of aromatic nitrogens is 2. The quantitative estimate of drug-likeness (QED) is 0.372. The number of nitrogens with one attached hydrogen (secondary N) is 1. The van der Waals surface area contributed by atoms with E-state index in [0.717, 1.165) is 33.9 Å². The lowest BCUT2D eigenvalue weighted by molar-refractivity contribution is -0.116. The number of carbonyl (C=O) groups is 1. The number of aryl methyl sites for hydroxylation is 2. The number of anilines is 1. The topological polar surface area (TPSA) is 65.4 Å². The number of carbonyl (C=O) groups excluding carboxylic acids is 1. The fourth-order valence-electron chi connectivity index (χ4n) is 3.53. The van der Waals surface area contributed by atoms with Gasteiger partial charge in [-0.2, -0.15) is 5.10 Å². The largest absolute Gasteiger partial charge is 0.497 e. The van der Waals surface area contributed by atoms with Crippen LogP contribution in [0.3, 0.4) is 0 Å². The third kappa shape index (κ3) is 5.41. The van der Waals surface area contributed by atoms with E-state index < -0.39 is 0 Å². The van der Waals surface area contributed by atoms with E-state index in [1.165, 1.54) is 0 Å². The lowest BCUT2D eigenvalue weighted by Crippen LogP contribution is -2.12. The molecule has 0 saturated heterocycles. The Kier molecular flexibility index (Phi) is 6.74. The van der Waals surface area contributed by atoms with Crippen LogP contribution in [0.25, 0.3) is 5.69 Å². The molecule has 0 bridgehead atoms. The highest BCUT2D eigenvalue weighted by Crippen LogP contribution is 2.32. The molecule has 0 aliphatic rings. The minimum Gasteiger partial charge on any atom is -0.497 e. The van der Waals surface area contributed by atoms with Crippen LogP contribution in [0.1, 0.15) is 23.2 Å². The second kappa shape index (κ2) is 10.0. The molecule has 1 aromatic heterocycles. The molecule has 0 spiro atoms. The van der Waals surface area contributed by atoms with Crippen LogP contribution in [-0.4, -0.2) is 22.8 Å². The van der Waals surface area contributed by atoms with Crippen LogP contribution in [0, 0.1) is 13.8 Å². The Hall–Kier alpha value is -4.06. The molecule has 33 heavy (non-hydrogen) atoms. The number of hydrogen-bond donors (Lipinski definition) is 1. The minimum atomic E-state index is -0.0564. The van der Waals surface area contributed by atoms with E-state index >= 15 is 0 Å². The molecular weight excluding hydrogens is 414 g/mol. The van der Waals surface area contributed by atoms with Gasteiger partial charge in [0.25, 0.3) is 0 Å². The highest BCUT2D eigenvalue weighted by molar-refractivity contribution is 5.90. The van der Waals surface area contributed by atoms with Crippen LogP contribution < -0.4 is 14.8 Å². The molecule has 0 radical (unpaired) electrons. The van der Waals surface area contributed by atoms with Crippen molar-refractivity contribution in [1.29, 1.82) is 0 Å². The fourth-order valence-corrected chi connectivity index (χ4v) is 3.53. The van der Waals surface area contributed by atoms with E-state index in [-0.39, 0.29) is 5.91 Å². The summed E-state index contributed by atoms with van der Waals surface area (Å²) in [5.41, 5.74) is 4.50. The summed E-state index contributed by atoms with van der Waals surface area (Å²) in [7, 11) is 1.64. The first-order chi connectivity index (χ1) is 16.0. The minimum absolute atomic E-state index is 0.0564. The summed E-state index contributed by atoms with van der Waals surface area (Å²) >= 11 is 0.